The molecule has 0 aliphatic heterocycles. The van der Waals surface area contributed by atoms with E-state index in [9.17, 15) is 5.11 Å². The van der Waals surface area contributed by atoms with Crippen molar-refractivity contribution in [3.63, 3.8) is 0 Å². The molecule has 1 N–H and O–H groups in total. The third-order valence-corrected chi connectivity index (χ3v) is 3.81. The number of hydrogen-bond donors (Lipinski definition) is 1. The molecule has 2 nitrogen and oxygen atoms in total. The molecule has 0 aliphatic rings. The number of nitrogens with zero attached hydrogens (tertiary/aromatic N) is 1. The summed E-state index contributed by atoms with van der Waals surface area (Å²) in [5, 5.41) is 10.7. The highest BCUT2D eigenvalue weighted by molar-refractivity contribution is 6.31. The number of rotatable bonds is 4. The van der Waals surface area contributed by atoms with E-state index in [0.717, 1.165) is 24.1 Å². The third kappa shape index (κ3) is 3.45. The molecule has 0 saturated carbocycles. The van der Waals surface area contributed by atoms with Gasteiger partial charge in [-0.3, -0.25) is 4.99 Å². The van der Waals surface area contributed by atoms with Gasteiger partial charge in [-0.05, 0) is 48.6 Å². The smallest absolute Gasteiger partial charge is 0.127 e. The van der Waals surface area contributed by atoms with E-state index in [4.69, 9.17) is 11.6 Å². The topological polar surface area (TPSA) is 32.6 Å². The van der Waals surface area contributed by atoms with Crippen LogP contribution in [-0.2, 0) is 12.8 Å². The van der Waals surface area contributed by atoms with E-state index >= 15 is 0 Å². The van der Waals surface area contributed by atoms with Gasteiger partial charge in [0.15, 0.2) is 0 Å². The molecule has 0 fully saturated rings. The first-order valence-corrected chi connectivity index (χ1v) is 7.58. The lowest BCUT2D eigenvalue weighted by molar-refractivity contribution is 0.470. The second kappa shape index (κ2) is 6.77. The Morgan fingerprint density at radius 2 is 1.76 bits per heavy atom. The summed E-state index contributed by atoms with van der Waals surface area (Å²) in [4.78, 5) is 4.62. The molecular formula is C18H20ClNO. The Bertz CT molecular complexity index is 655. The fourth-order valence-electron chi connectivity index (χ4n) is 2.37. The van der Waals surface area contributed by atoms with Crippen LogP contribution < -0.4 is 0 Å². The van der Waals surface area contributed by atoms with Crippen molar-refractivity contribution in [3.05, 3.63) is 57.6 Å². The maximum atomic E-state index is 10.1. The number of aryl methyl sites for hydroxylation is 3. The molecule has 3 heteroatoms. The Kier molecular flexibility index (Phi) is 5.03. The SMILES string of the molecule is CCc1cccc(CC)c1N=Cc1cc(Cl)cc(C)c1O. The Morgan fingerprint density at radius 1 is 1.14 bits per heavy atom. The lowest BCUT2D eigenvalue weighted by Gasteiger charge is -2.09. The van der Waals surface area contributed by atoms with Gasteiger partial charge in [0.1, 0.15) is 5.75 Å². The van der Waals surface area contributed by atoms with Gasteiger partial charge in [0.05, 0.1) is 5.69 Å². The summed E-state index contributed by atoms with van der Waals surface area (Å²) in [6, 6.07) is 9.72. The number of benzene rings is 2. The van der Waals surface area contributed by atoms with Gasteiger partial charge in [-0.15, -0.1) is 0 Å². The molecule has 0 amide bonds. The molecular weight excluding hydrogens is 282 g/mol. The number of aromatic hydroxyl groups is 1. The fraction of sp³-hybridized carbons (Fsp3) is 0.278. The first kappa shape index (κ1) is 15.6. The van der Waals surface area contributed by atoms with Crippen LogP contribution in [-0.4, -0.2) is 11.3 Å². The van der Waals surface area contributed by atoms with Crippen molar-refractivity contribution >= 4 is 23.5 Å². The normalized spacial score (nSPS) is 11.2. The average Bonchev–Trinajstić information content (AvgIpc) is 2.48. The second-order valence-corrected chi connectivity index (χ2v) is 5.49. The summed E-state index contributed by atoms with van der Waals surface area (Å²) in [6.07, 6.45) is 3.56. The monoisotopic (exact) mass is 301 g/mol. The predicted octanol–water partition coefficient (Wildman–Crippen LogP) is 5.23. The van der Waals surface area contributed by atoms with Crippen LogP contribution in [0.2, 0.25) is 5.02 Å². The van der Waals surface area contributed by atoms with Gasteiger partial charge in [-0.2, -0.15) is 0 Å². The molecule has 0 atom stereocenters. The van der Waals surface area contributed by atoms with Gasteiger partial charge < -0.3 is 5.11 Å². The highest BCUT2D eigenvalue weighted by Crippen LogP contribution is 2.28. The Balaban J connectivity index is 2.47. The van der Waals surface area contributed by atoms with Crippen molar-refractivity contribution in [3.8, 4) is 5.75 Å². The van der Waals surface area contributed by atoms with Crippen molar-refractivity contribution in [2.24, 2.45) is 4.99 Å². The van der Waals surface area contributed by atoms with Crippen LogP contribution in [0, 0.1) is 6.92 Å². The zero-order valence-corrected chi connectivity index (χ0v) is 13.4. The van der Waals surface area contributed by atoms with Gasteiger partial charge in [-0.1, -0.05) is 43.6 Å². The first-order valence-electron chi connectivity index (χ1n) is 7.20. The zero-order valence-electron chi connectivity index (χ0n) is 12.7. The molecule has 0 unspecified atom stereocenters. The number of phenols is 1. The number of para-hydroxylation sites is 1. The van der Waals surface area contributed by atoms with E-state index in [1.165, 1.54) is 11.1 Å². The summed E-state index contributed by atoms with van der Waals surface area (Å²) in [6.45, 7) is 6.07. The van der Waals surface area contributed by atoms with Crippen LogP contribution in [0.25, 0.3) is 0 Å². The molecule has 2 rings (SSSR count). The Morgan fingerprint density at radius 3 is 2.33 bits per heavy atom. The minimum atomic E-state index is 0.232. The molecule has 2 aromatic rings. The largest absolute Gasteiger partial charge is 0.507 e. The van der Waals surface area contributed by atoms with Gasteiger partial charge in [0, 0.05) is 16.8 Å². The van der Waals surface area contributed by atoms with Crippen LogP contribution in [0.3, 0.4) is 0 Å². The molecule has 110 valence electrons. The van der Waals surface area contributed by atoms with Crippen LogP contribution >= 0.6 is 11.6 Å². The van der Waals surface area contributed by atoms with E-state index in [0.29, 0.717) is 10.6 Å². The summed E-state index contributed by atoms with van der Waals surface area (Å²) in [5.41, 5.74) is 4.82. The molecule has 2 aromatic carbocycles. The van der Waals surface area contributed by atoms with E-state index in [1.807, 2.05) is 6.92 Å². The van der Waals surface area contributed by atoms with E-state index in [-0.39, 0.29) is 5.75 Å². The number of halogens is 1. The van der Waals surface area contributed by atoms with Crippen molar-refractivity contribution in [1.82, 2.24) is 0 Å². The molecule has 21 heavy (non-hydrogen) atoms. The highest BCUT2D eigenvalue weighted by Gasteiger charge is 2.07. The minimum absolute atomic E-state index is 0.232. The van der Waals surface area contributed by atoms with Gasteiger partial charge in [0.25, 0.3) is 0 Å². The van der Waals surface area contributed by atoms with Crippen LogP contribution in [0.15, 0.2) is 35.3 Å². The number of phenolic OH excluding ortho intramolecular Hbond substituents is 1. The third-order valence-electron chi connectivity index (χ3n) is 3.59. The molecule has 0 heterocycles. The summed E-state index contributed by atoms with van der Waals surface area (Å²) < 4.78 is 0. The summed E-state index contributed by atoms with van der Waals surface area (Å²) in [5.74, 6) is 0.232. The number of hydrogen-bond acceptors (Lipinski definition) is 2. The minimum Gasteiger partial charge on any atom is -0.507 e. The predicted molar refractivity (Wildman–Crippen MR) is 90.3 cm³/mol. The number of aliphatic imine (C=N–C) groups is 1. The van der Waals surface area contributed by atoms with E-state index in [1.54, 1.807) is 18.3 Å². The molecule has 0 spiro atoms. The fourth-order valence-corrected chi connectivity index (χ4v) is 2.66. The van der Waals surface area contributed by atoms with Crippen molar-refractivity contribution in [1.29, 1.82) is 0 Å². The Labute approximate surface area is 131 Å². The quantitative estimate of drug-likeness (QED) is 0.771. The zero-order chi connectivity index (χ0) is 15.4. The lowest BCUT2D eigenvalue weighted by Crippen LogP contribution is -1.91. The lowest BCUT2D eigenvalue weighted by atomic mass is 10.0. The van der Waals surface area contributed by atoms with Crippen molar-refractivity contribution in [2.45, 2.75) is 33.6 Å². The van der Waals surface area contributed by atoms with E-state index < -0.39 is 0 Å². The molecule has 0 bridgehead atoms. The first-order chi connectivity index (χ1) is 10.1. The maximum absolute atomic E-state index is 10.1. The van der Waals surface area contributed by atoms with Crippen molar-refractivity contribution < 1.29 is 5.11 Å². The van der Waals surface area contributed by atoms with Gasteiger partial charge in [0.2, 0.25) is 0 Å². The standard InChI is InChI=1S/C18H20ClNO/c1-4-13-7-6-8-14(5-2)17(13)20-11-15-10-16(19)9-12(3)18(15)21/h6-11,21H,4-5H2,1-3H3. The molecule has 0 radical (unpaired) electrons. The second-order valence-electron chi connectivity index (χ2n) is 5.05. The van der Waals surface area contributed by atoms with Gasteiger partial charge in [-0.25, -0.2) is 0 Å². The van der Waals surface area contributed by atoms with Crippen LogP contribution in [0.4, 0.5) is 5.69 Å². The van der Waals surface area contributed by atoms with Crippen LogP contribution in [0.5, 0.6) is 5.75 Å². The summed E-state index contributed by atoms with van der Waals surface area (Å²) >= 11 is 6.05. The van der Waals surface area contributed by atoms with Gasteiger partial charge >= 0.3 is 0 Å². The maximum Gasteiger partial charge on any atom is 0.127 e. The molecule has 0 aromatic heterocycles. The molecule has 0 saturated heterocycles. The molecule has 0 aliphatic carbocycles. The van der Waals surface area contributed by atoms with E-state index in [2.05, 4.69) is 37.0 Å². The Hall–Kier alpha value is -1.80. The van der Waals surface area contributed by atoms with Crippen molar-refractivity contribution in [2.75, 3.05) is 0 Å². The summed E-state index contributed by atoms with van der Waals surface area (Å²) in [7, 11) is 0. The average molecular weight is 302 g/mol. The highest BCUT2D eigenvalue weighted by atomic mass is 35.5. The van der Waals surface area contributed by atoms with Crippen LogP contribution in [0.1, 0.15) is 36.1 Å².